The van der Waals surface area contributed by atoms with Crippen LogP contribution in [-0.2, 0) is 4.74 Å². The van der Waals surface area contributed by atoms with Gasteiger partial charge in [-0.15, -0.1) is 0 Å². The molecule has 0 N–H and O–H groups in total. The van der Waals surface area contributed by atoms with Gasteiger partial charge in [0.1, 0.15) is 6.61 Å². The van der Waals surface area contributed by atoms with Crippen molar-refractivity contribution in [3.63, 3.8) is 0 Å². The summed E-state index contributed by atoms with van der Waals surface area (Å²) in [7, 11) is 0. The number of alkyl halides is 3. The van der Waals surface area contributed by atoms with E-state index in [0.717, 1.165) is 0 Å². The molecule has 0 amide bonds. The van der Waals surface area contributed by atoms with E-state index >= 15 is 0 Å². The monoisotopic (exact) mass is 266 g/mol. The quantitative estimate of drug-likeness (QED) is 0.602. The van der Waals surface area contributed by atoms with Crippen LogP contribution in [0.4, 0.5) is 13.2 Å². The summed E-state index contributed by atoms with van der Waals surface area (Å²) in [6.07, 6.45) is -5.32. The highest BCUT2D eigenvalue weighted by Gasteiger charge is 2.26. The molecule has 0 aliphatic rings. The minimum atomic E-state index is -4.26. The van der Waals surface area contributed by atoms with Gasteiger partial charge in [-0.1, -0.05) is 23.7 Å². The van der Waals surface area contributed by atoms with Crippen molar-refractivity contribution in [1.82, 2.24) is 0 Å². The van der Waals surface area contributed by atoms with Crippen molar-refractivity contribution in [2.75, 3.05) is 13.2 Å². The van der Waals surface area contributed by atoms with Gasteiger partial charge in [-0.2, -0.15) is 13.2 Å². The van der Waals surface area contributed by atoms with Gasteiger partial charge < -0.3 is 4.74 Å². The van der Waals surface area contributed by atoms with E-state index in [0.29, 0.717) is 10.6 Å². The van der Waals surface area contributed by atoms with Crippen LogP contribution < -0.4 is 0 Å². The normalized spacial score (nSPS) is 11.5. The molecule has 1 aromatic carbocycles. The molecule has 0 bridgehead atoms. The summed E-state index contributed by atoms with van der Waals surface area (Å²) in [6, 6.07) is 6.16. The Labute approximate surface area is 101 Å². The van der Waals surface area contributed by atoms with Gasteiger partial charge in [0.2, 0.25) is 0 Å². The lowest BCUT2D eigenvalue weighted by Crippen LogP contribution is -2.15. The SMILES string of the molecule is O=C(COCCC(F)(F)F)c1cccc(Cl)c1. The molecule has 0 saturated carbocycles. The van der Waals surface area contributed by atoms with Crippen molar-refractivity contribution in [2.24, 2.45) is 0 Å². The molecule has 94 valence electrons. The second kappa shape index (κ2) is 6.02. The number of halogens is 4. The van der Waals surface area contributed by atoms with E-state index in [-0.39, 0.29) is 6.61 Å². The molecule has 0 unspecified atom stereocenters. The van der Waals surface area contributed by atoms with E-state index in [2.05, 4.69) is 4.74 Å². The Balaban J connectivity index is 2.36. The first-order valence-corrected chi connectivity index (χ1v) is 5.19. The minimum absolute atomic E-state index is 0.324. The van der Waals surface area contributed by atoms with Crippen LogP contribution in [-0.4, -0.2) is 25.2 Å². The standard InChI is InChI=1S/C11H10ClF3O2/c12-9-3-1-2-8(6-9)10(16)7-17-5-4-11(13,14)15/h1-3,6H,4-5,7H2. The molecule has 1 rings (SSSR count). The Bertz CT molecular complexity index is 391. The molecule has 0 aromatic heterocycles. The lowest BCUT2D eigenvalue weighted by molar-refractivity contribution is -0.144. The van der Waals surface area contributed by atoms with E-state index in [1.165, 1.54) is 12.1 Å². The lowest BCUT2D eigenvalue weighted by atomic mass is 10.1. The molecule has 0 spiro atoms. The zero-order valence-electron chi connectivity index (χ0n) is 8.76. The van der Waals surface area contributed by atoms with Crippen molar-refractivity contribution in [3.05, 3.63) is 34.9 Å². The Morgan fingerprint density at radius 2 is 2.06 bits per heavy atom. The molecule has 0 fully saturated rings. The molecule has 1 aromatic rings. The molecule has 0 atom stereocenters. The molecule has 0 saturated heterocycles. The number of carbonyl (C=O) groups is 1. The average molecular weight is 267 g/mol. The Morgan fingerprint density at radius 3 is 2.65 bits per heavy atom. The third kappa shape index (κ3) is 5.70. The third-order valence-corrected chi connectivity index (χ3v) is 2.14. The van der Waals surface area contributed by atoms with Crippen LogP contribution in [0.15, 0.2) is 24.3 Å². The van der Waals surface area contributed by atoms with Crippen LogP contribution >= 0.6 is 11.6 Å². The number of ether oxygens (including phenoxy) is 1. The van der Waals surface area contributed by atoms with E-state index in [1.54, 1.807) is 12.1 Å². The van der Waals surface area contributed by atoms with Crippen LogP contribution in [0, 0.1) is 0 Å². The zero-order chi connectivity index (χ0) is 12.9. The fourth-order valence-electron chi connectivity index (χ4n) is 1.10. The average Bonchev–Trinajstić information content (AvgIpc) is 2.23. The molecular formula is C11H10ClF3O2. The summed E-state index contributed by atoms with van der Waals surface area (Å²) in [5.41, 5.74) is 0.324. The summed E-state index contributed by atoms with van der Waals surface area (Å²) in [6.45, 7) is -0.897. The molecule has 6 heteroatoms. The number of rotatable bonds is 5. The van der Waals surface area contributed by atoms with Gasteiger partial charge in [0.05, 0.1) is 13.0 Å². The highest BCUT2D eigenvalue weighted by Crippen LogP contribution is 2.19. The molecule has 17 heavy (non-hydrogen) atoms. The fourth-order valence-corrected chi connectivity index (χ4v) is 1.29. The van der Waals surface area contributed by atoms with Crippen molar-refractivity contribution in [1.29, 1.82) is 0 Å². The van der Waals surface area contributed by atoms with E-state index < -0.39 is 25.0 Å². The second-order valence-electron chi connectivity index (χ2n) is 3.35. The van der Waals surface area contributed by atoms with Crippen LogP contribution in [0.5, 0.6) is 0 Å². The summed E-state index contributed by atoms with van der Waals surface area (Å²) in [4.78, 5) is 11.5. The van der Waals surface area contributed by atoms with Crippen LogP contribution in [0.3, 0.4) is 0 Å². The maximum Gasteiger partial charge on any atom is 0.391 e. The molecule has 0 radical (unpaired) electrons. The van der Waals surface area contributed by atoms with Crippen molar-refractivity contribution < 1.29 is 22.7 Å². The first kappa shape index (κ1) is 14.0. The number of benzene rings is 1. The lowest BCUT2D eigenvalue weighted by Gasteiger charge is -2.06. The first-order chi connectivity index (χ1) is 7.88. The van der Waals surface area contributed by atoms with Gasteiger partial charge in [-0.25, -0.2) is 0 Å². The van der Waals surface area contributed by atoms with Crippen LogP contribution in [0.25, 0.3) is 0 Å². The third-order valence-electron chi connectivity index (χ3n) is 1.91. The topological polar surface area (TPSA) is 26.3 Å². The number of hydrogen-bond donors (Lipinski definition) is 0. The highest BCUT2D eigenvalue weighted by atomic mass is 35.5. The number of Topliss-reactive ketones (excluding diaryl/α,β-unsaturated/α-hetero) is 1. The van der Waals surface area contributed by atoms with Gasteiger partial charge >= 0.3 is 6.18 Å². The fraction of sp³-hybridized carbons (Fsp3) is 0.364. The zero-order valence-corrected chi connectivity index (χ0v) is 9.52. The summed E-state index contributed by atoms with van der Waals surface area (Å²) in [5, 5.41) is 0.395. The van der Waals surface area contributed by atoms with E-state index in [1.807, 2.05) is 0 Å². The maximum atomic E-state index is 11.8. The number of ketones is 1. The van der Waals surface area contributed by atoms with Crippen molar-refractivity contribution in [2.45, 2.75) is 12.6 Å². The predicted molar refractivity (Wildman–Crippen MR) is 57.3 cm³/mol. The maximum absolute atomic E-state index is 11.8. The summed E-state index contributed by atoms with van der Waals surface area (Å²) < 4.78 is 40.0. The molecule has 2 nitrogen and oxygen atoms in total. The largest absolute Gasteiger partial charge is 0.391 e. The van der Waals surface area contributed by atoms with Gasteiger partial charge in [0, 0.05) is 10.6 Å². The highest BCUT2D eigenvalue weighted by molar-refractivity contribution is 6.31. The first-order valence-electron chi connectivity index (χ1n) is 4.82. The van der Waals surface area contributed by atoms with Crippen molar-refractivity contribution in [3.8, 4) is 0 Å². The number of hydrogen-bond acceptors (Lipinski definition) is 2. The van der Waals surface area contributed by atoms with Gasteiger partial charge in [0.15, 0.2) is 5.78 Å². The smallest absolute Gasteiger partial charge is 0.373 e. The summed E-state index contributed by atoms with van der Waals surface area (Å²) >= 11 is 5.67. The molecular weight excluding hydrogens is 257 g/mol. The van der Waals surface area contributed by atoms with Gasteiger partial charge in [-0.3, -0.25) is 4.79 Å². The van der Waals surface area contributed by atoms with E-state index in [9.17, 15) is 18.0 Å². The Kier molecular flexibility index (Phi) is 4.96. The number of carbonyl (C=O) groups excluding carboxylic acids is 1. The summed E-state index contributed by atoms with van der Waals surface area (Å²) in [5.74, 6) is -0.394. The van der Waals surface area contributed by atoms with Gasteiger partial charge in [0.25, 0.3) is 0 Å². The molecule has 0 heterocycles. The van der Waals surface area contributed by atoms with Crippen LogP contribution in [0.2, 0.25) is 5.02 Å². The van der Waals surface area contributed by atoms with Gasteiger partial charge in [-0.05, 0) is 12.1 Å². The van der Waals surface area contributed by atoms with Crippen molar-refractivity contribution >= 4 is 17.4 Å². The predicted octanol–water partition coefficient (Wildman–Crippen LogP) is 3.49. The minimum Gasteiger partial charge on any atom is -0.373 e. The second-order valence-corrected chi connectivity index (χ2v) is 3.79. The Morgan fingerprint density at radius 1 is 1.35 bits per heavy atom. The van der Waals surface area contributed by atoms with Crippen LogP contribution in [0.1, 0.15) is 16.8 Å². The molecule has 0 aliphatic heterocycles. The van der Waals surface area contributed by atoms with E-state index in [4.69, 9.17) is 11.6 Å². The Hall–Kier alpha value is -1.07. The molecule has 0 aliphatic carbocycles.